The molecule has 1 rings (SSSR count). The van der Waals surface area contributed by atoms with Crippen molar-refractivity contribution < 1.29 is 9.90 Å². The van der Waals surface area contributed by atoms with Crippen LogP contribution in [-0.4, -0.2) is 29.7 Å². The highest BCUT2D eigenvalue weighted by Crippen LogP contribution is 2.20. The van der Waals surface area contributed by atoms with Crippen molar-refractivity contribution in [2.75, 3.05) is 18.5 Å². The summed E-state index contributed by atoms with van der Waals surface area (Å²) in [6.45, 7) is 8.19. The molecule has 1 aromatic rings. The lowest BCUT2D eigenvalue weighted by molar-refractivity contribution is 0.0697. The zero-order chi connectivity index (χ0) is 12.3. The van der Waals surface area contributed by atoms with Crippen molar-refractivity contribution in [2.45, 2.75) is 13.8 Å². The number of nitrogens with zero attached hydrogens (tertiary/aromatic N) is 2. The van der Waals surface area contributed by atoms with Gasteiger partial charge in [-0.15, -0.1) is 0 Å². The van der Waals surface area contributed by atoms with Gasteiger partial charge in [-0.05, 0) is 19.9 Å². The van der Waals surface area contributed by atoms with Crippen LogP contribution in [0.5, 0.6) is 0 Å². The summed E-state index contributed by atoms with van der Waals surface area (Å²) < 4.78 is 0. The second-order valence-electron chi connectivity index (χ2n) is 3.96. The molecular formula is C12H16N2O2. The standard InChI is InChI=1S/C12H16N2O2/c1-8(2)7-14(4)11-5-9(3)13-6-10(11)12(15)16/h5-6H,1,7H2,2-4H3,(H,15,16). The Kier molecular flexibility index (Phi) is 3.66. The summed E-state index contributed by atoms with van der Waals surface area (Å²) in [6, 6.07) is 1.77. The van der Waals surface area contributed by atoms with Gasteiger partial charge in [-0.3, -0.25) is 4.98 Å². The number of carboxylic acid groups (broad SMARTS) is 1. The quantitative estimate of drug-likeness (QED) is 0.789. The van der Waals surface area contributed by atoms with Gasteiger partial charge in [-0.2, -0.15) is 0 Å². The van der Waals surface area contributed by atoms with Crippen LogP contribution < -0.4 is 4.90 Å². The molecule has 0 aromatic carbocycles. The van der Waals surface area contributed by atoms with Crippen LogP contribution in [0.3, 0.4) is 0 Å². The number of carbonyl (C=O) groups is 1. The molecule has 0 aliphatic rings. The van der Waals surface area contributed by atoms with E-state index in [9.17, 15) is 4.79 Å². The summed E-state index contributed by atoms with van der Waals surface area (Å²) in [6.07, 6.45) is 1.39. The van der Waals surface area contributed by atoms with Crippen LogP contribution in [0.15, 0.2) is 24.4 Å². The minimum atomic E-state index is -0.962. The lowest BCUT2D eigenvalue weighted by atomic mass is 10.2. The molecule has 0 atom stereocenters. The molecule has 0 bridgehead atoms. The third kappa shape index (κ3) is 2.82. The lowest BCUT2D eigenvalue weighted by Gasteiger charge is -2.21. The first-order valence-electron chi connectivity index (χ1n) is 4.97. The van der Waals surface area contributed by atoms with Crippen molar-refractivity contribution in [1.29, 1.82) is 0 Å². The summed E-state index contributed by atoms with van der Waals surface area (Å²) >= 11 is 0. The smallest absolute Gasteiger partial charge is 0.339 e. The van der Waals surface area contributed by atoms with Crippen molar-refractivity contribution in [3.63, 3.8) is 0 Å². The fourth-order valence-corrected chi connectivity index (χ4v) is 1.52. The monoisotopic (exact) mass is 220 g/mol. The molecule has 0 aliphatic heterocycles. The Morgan fingerprint density at radius 2 is 2.25 bits per heavy atom. The van der Waals surface area contributed by atoms with Gasteiger partial charge in [-0.25, -0.2) is 4.79 Å². The van der Waals surface area contributed by atoms with E-state index in [1.54, 1.807) is 6.07 Å². The average molecular weight is 220 g/mol. The molecular weight excluding hydrogens is 204 g/mol. The summed E-state index contributed by atoms with van der Waals surface area (Å²) in [5.41, 5.74) is 2.67. The minimum Gasteiger partial charge on any atom is -0.478 e. The molecule has 0 aliphatic carbocycles. The fourth-order valence-electron chi connectivity index (χ4n) is 1.52. The molecule has 1 aromatic heterocycles. The second kappa shape index (κ2) is 4.79. The topological polar surface area (TPSA) is 53.4 Å². The van der Waals surface area contributed by atoms with Gasteiger partial charge in [0.1, 0.15) is 5.56 Å². The molecule has 0 spiro atoms. The van der Waals surface area contributed by atoms with Gasteiger partial charge in [0.05, 0.1) is 5.69 Å². The Morgan fingerprint density at radius 3 is 2.75 bits per heavy atom. The molecule has 0 amide bonds. The van der Waals surface area contributed by atoms with E-state index >= 15 is 0 Å². The third-order valence-electron chi connectivity index (χ3n) is 2.17. The van der Waals surface area contributed by atoms with Crippen molar-refractivity contribution >= 4 is 11.7 Å². The summed E-state index contributed by atoms with van der Waals surface area (Å²) in [5, 5.41) is 9.05. The summed E-state index contributed by atoms with van der Waals surface area (Å²) in [4.78, 5) is 16.9. The molecule has 0 radical (unpaired) electrons. The first-order valence-corrected chi connectivity index (χ1v) is 4.97. The minimum absolute atomic E-state index is 0.217. The van der Waals surface area contributed by atoms with E-state index in [1.807, 2.05) is 25.8 Å². The van der Waals surface area contributed by atoms with Gasteiger partial charge in [0.2, 0.25) is 0 Å². The van der Waals surface area contributed by atoms with E-state index in [1.165, 1.54) is 6.20 Å². The van der Waals surface area contributed by atoms with E-state index in [4.69, 9.17) is 5.11 Å². The molecule has 1 heterocycles. The van der Waals surface area contributed by atoms with Crippen LogP contribution >= 0.6 is 0 Å². The van der Waals surface area contributed by atoms with E-state index in [-0.39, 0.29) is 5.56 Å². The van der Waals surface area contributed by atoms with Gasteiger partial charge in [0.25, 0.3) is 0 Å². The van der Waals surface area contributed by atoms with Gasteiger partial charge in [-0.1, -0.05) is 12.2 Å². The molecule has 0 fully saturated rings. The van der Waals surface area contributed by atoms with E-state index in [0.717, 1.165) is 11.3 Å². The normalized spacial score (nSPS) is 9.94. The van der Waals surface area contributed by atoms with Crippen molar-refractivity contribution in [1.82, 2.24) is 4.98 Å². The highest BCUT2D eigenvalue weighted by atomic mass is 16.4. The molecule has 0 saturated carbocycles. The van der Waals surface area contributed by atoms with Gasteiger partial charge < -0.3 is 10.0 Å². The van der Waals surface area contributed by atoms with Crippen molar-refractivity contribution in [3.8, 4) is 0 Å². The maximum atomic E-state index is 11.0. The Labute approximate surface area is 95.2 Å². The molecule has 86 valence electrons. The molecule has 4 heteroatoms. The molecule has 0 unspecified atom stereocenters. The highest BCUT2D eigenvalue weighted by Gasteiger charge is 2.14. The number of anilines is 1. The van der Waals surface area contributed by atoms with Crippen LogP contribution in [0, 0.1) is 6.92 Å². The average Bonchev–Trinajstić information content (AvgIpc) is 2.15. The van der Waals surface area contributed by atoms with Gasteiger partial charge >= 0.3 is 5.97 Å². The predicted molar refractivity (Wildman–Crippen MR) is 64.0 cm³/mol. The third-order valence-corrected chi connectivity index (χ3v) is 2.17. The predicted octanol–water partition coefficient (Wildman–Crippen LogP) is 2.10. The van der Waals surface area contributed by atoms with Crippen LogP contribution in [0.4, 0.5) is 5.69 Å². The van der Waals surface area contributed by atoms with E-state index in [0.29, 0.717) is 12.2 Å². The van der Waals surface area contributed by atoms with E-state index < -0.39 is 5.97 Å². The second-order valence-corrected chi connectivity index (χ2v) is 3.96. The number of aromatic carboxylic acids is 1. The Morgan fingerprint density at radius 1 is 1.62 bits per heavy atom. The molecule has 4 nitrogen and oxygen atoms in total. The fraction of sp³-hybridized carbons (Fsp3) is 0.333. The number of pyridine rings is 1. The summed E-state index contributed by atoms with van der Waals surface area (Å²) in [5.74, 6) is -0.962. The first kappa shape index (κ1) is 12.2. The van der Waals surface area contributed by atoms with Gasteiger partial charge in [0.15, 0.2) is 0 Å². The highest BCUT2D eigenvalue weighted by molar-refractivity contribution is 5.94. The molecule has 1 N–H and O–H groups in total. The first-order chi connectivity index (χ1) is 7.41. The lowest BCUT2D eigenvalue weighted by Crippen LogP contribution is -2.22. The molecule has 16 heavy (non-hydrogen) atoms. The number of likely N-dealkylation sites (N-methyl/N-ethyl adjacent to an activating group) is 1. The number of hydrogen-bond donors (Lipinski definition) is 1. The van der Waals surface area contributed by atoms with Crippen LogP contribution in [0.1, 0.15) is 23.0 Å². The largest absolute Gasteiger partial charge is 0.478 e. The van der Waals surface area contributed by atoms with E-state index in [2.05, 4.69) is 11.6 Å². The van der Waals surface area contributed by atoms with Crippen LogP contribution in [-0.2, 0) is 0 Å². The van der Waals surface area contributed by atoms with Crippen LogP contribution in [0.25, 0.3) is 0 Å². The van der Waals surface area contributed by atoms with Crippen molar-refractivity contribution in [2.24, 2.45) is 0 Å². The number of aromatic nitrogens is 1. The maximum Gasteiger partial charge on any atom is 0.339 e. The SMILES string of the molecule is C=C(C)CN(C)c1cc(C)ncc1C(=O)O. The number of carboxylic acids is 1. The number of aryl methyl sites for hydroxylation is 1. The number of hydrogen-bond acceptors (Lipinski definition) is 3. The zero-order valence-electron chi connectivity index (χ0n) is 9.82. The Hall–Kier alpha value is -1.84. The van der Waals surface area contributed by atoms with Gasteiger partial charge in [0, 0.05) is 25.5 Å². The number of rotatable bonds is 4. The Balaban J connectivity index is 3.13. The zero-order valence-corrected chi connectivity index (χ0v) is 9.82. The molecule has 0 saturated heterocycles. The summed E-state index contributed by atoms with van der Waals surface area (Å²) in [7, 11) is 1.84. The maximum absolute atomic E-state index is 11.0. The van der Waals surface area contributed by atoms with Crippen LogP contribution in [0.2, 0.25) is 0 Å². The Bertz CT molecular complexity index is 427. The van der Waals surface area contributed by atoms with Crippen molar-refractivity contribution in [3.05, 3.63) is 35.7 Å².